The first kappa shape index (κ1) is 12.0. The maximum atomic E-state index is 4.71. The van der Waals surface area contributed by atoms with Crippen LogP contribution in [0.2, 0.25) is 0 Å². The molecule has 0 N–H and O–H groups in total. The van der Waals surface area contributed by atoms with Crippen LogP contribution in [-0.2, 0) is 19.9 Å². The summed E-state index contributed by atoms with van der Waals surface area (Å²) in [5, 5.41) is 0. The molecule has 2 aromatic carbocycles. The first-order chi connectivity index (χ1) is 9.24. The number of fused-ring (bicyclic) bond motifs is 1. The summed E-state index contributed by atoms with van der Waals surface area (Å²) in [7, 11) is 2.10. The zero-order valence-corrected chi connectivity index (χ0v) is 11.4. The van der Waals surface area contributed by atoms with Gasteiger partial charge in [0.05, 0.1) is 11.0 Å². The van der Waals surface area contributed by atoms with Crippen molar-refractivity contribution in [2.45, 2.75) is 19.8 Å². The molecule has 0 atom stereocenters. The number of para-hydroxylation sites is 2. The fraction of sp³-hybridized carbons (Fsp3) is 0.235. The molecule has 19 heavy (non-hydrogen) atoms. The maximum absolute atomic E-state index is 4.71. The van der Waals surface area contributed by atoms with Gasteiger partial charge in [0.15, 0.2) is 0 Å². The molecule has 0 bridgehead atoms. The normalized spacial score (nSPS) is 11.1. The fourth-order valence-electron chi connectivity index (χ4n) is 2.54. The van der Waals surface area contributed by atoms with Crippen molar-refractivity contribution in [2.75, 3.05) is 0 Å². The van der Waals surface area contributed by atoms with E-state index in [4.69, 9.17) is 4.98 Å². The minimum absolute atomic E-state index is 0.981. The molecular weight excluding hydrogens is 232 g/mol. The average Bonchev–Trinajstić information content (AvgIpc) is 2.74. The van der Waals surface area contributed by atoms with Crippen LogP contribution in [0.5, 0.6) is 0 Å². The van der Waals surface area contributed by atoms with E-state index in [1.54, 1.807) is 0 Å². The molecule has 0 fully saturated rings. The first-order valence-electron chi connectivity index (χ1n) is 6.70. The van der Waals surface area contributed by atoms with Crippen molar-refractivity contribution in [3.05, 3.63) is 65.5 Å². The highest BCUT2D eigenvalue weighted by Gasteiger charge is 2.06. The Balaban J connectivity index is 1.84. The third-order valence-corrected chi connectivity index (χ3v) is 3.60. The van der Waals surface area contributed by atoms with E-state index in [1.807, 2.05) is 6.07 Å². The highest BCUT2D eigenvalue weighted by Crippen LogP contribution is 2.16. The van der Waals surface area contributed by atoms with E-state index in [0.717, 1.165) is 24.2 Å². The molecular formula is C17H18N2. The highest BCUT2D eigenvalue weighted by molar-refractivity contribution is 5.75. The molecule has 0 aliphatic rings. The predicted molar refractivity (Wildman–Crippen MR) is 79.3 cm³/mol. The lowest BCUT2D eigenvalue weighted by Crippen LogP contribution is -2.00. The summed E-state index contributed by atoms with van der Waals surface area (Å²) in [6.07, 6.45) is 2.02. The maximum Gasteiger partial charge on any atom is 0.109 e. The molecule has 2 heteroatoms. The summed E-state index contributed by atoms with van der Waals surface area (Å²) >= 11 is 0. The average molecular weight is 250 g/mol. The van der Waals surface area contributed by atoms with Gasteiger partial charge < -0.3 is 4.57 Å². The molecule has 3 rings (SSSR count). The summed E-state index contributed by atoms with van der Waals surface area (Å²) < 4.78 is 2.20. The summed E-state index contributed by atoms with van der Waals surface area (Å²) in [5.41, 5.74) is 5.00. The Bertz CT molecular complexity index is 710. The molecule has 0 saturated carbocycles. The van der Waals surface area contributed by atoms with Crippen LogP contribution in [-0.4, -0.2) is 9.55 Å². The van der Waals surface area contributed by atoms with Crippen molar-refractivity contribution in [2.24, 2.45) is 7.05 Å². The molecule has 1 heterocycles. The van der Waals surface area contributed by atoms with E-state index in [1.165, 1.54) is 16.6 Å². The van der Waals surface area contributed by atoms with Gasteiger partial charge in [-0.25, -0.2) is 4.98 Å². The third kappa shape index (κ3) is 2.39. The molecule has 0 aliphatic carbocycles. The molecule has 96 valence electrons. The molecule has 0 saturated heterocycles. The number of rotatable bonds is 3. The van der Waals surface area contributed by atoms with Crippen molar-refractivity contribution in [3.8, 4) is 0 Å². The van der Waals surface area contributed by atoms with Crippen molar-refractivity contribution in [1.29, 1.82) is 0 Å². The fourth-order valence-corrected chi connectivity index (χ4v) is 2.54. The van der Waals surface area contributed by atoms with Crippen molar-refractivity contribution < 1.29 is 0 Å². The summed E-state index contributed by atoms with van der Waals surface area (Å²) in [4.78, 5) is 4.71. The lowest BCUT2D eigenvalue weighted by atomic mass is 10.1. The molecule has 0 spiro atoms. The van der Waals surface area contributed by atoms with Crippen LogP contribution in [0.1, 0.15) is 17.0 Å². The second kappa shape index (κ2) is 4.88. The standard InChI is InChI=1S/C17H18N2/c1-13-6-5-7-14(12-13)10-11-17-18-15-8-3-4-9-16(15)19(17)2/h3-9,12H,10-11H2,1-2H3. The Morgan fingerprint density at radius 2 is 1.84 bits per heavy atom. The second-order valence-corrected chi connectivity index (χ2v) is 5.06. The summed E-state index contributed by atoms with van der Waals surface area (Å²) in [6, 6.07) is 17.0. The minimum atomic E-state index is 0.981. The molecule has 0 unspecified atom stereocenters. The Labute approximate surface area is 113 Å². The van der Waals surface area contributed by atoms with Gasteiger partial charge in [-0.05, 0) is 31.0 Å². The quantitative estimate of drug-likeness (QED) is 0.693. The summed E-state index contributed by atoms with van der Waals surface area (Å²) in [6.45, 7) is 2.14. The van der Waals surface area contributed by atoms with Crippen LogP contribution < -0.4 is 0 Å². The smallest absolute Gasteiger partial charge is 0.109 e. The van der Waals surface area contributed by atoms with E-state index in [2.05, 4.69) is 61.0 Å². The van der Waals surface area contributed by atoms with Gasteiger partial charge in [0, 0.05) is 13.5 Å². The second-order valence-electron chi connectivity index (χ2n) is 5.06. The lowest BCUT2D eigenvalue weighted by molar-refractivity contribution is 0.786. The highest BCUT2D eigenvalue weighted by atomic mass is 15.1. The molecule has 0 amide bonds. The monoisotopic (exact) mass is 250 g/mol. The van der Waals surface area contributed by atoms with Crippen LogP contribution in [0.25, 0.3) is 11.0 Å². The van der Waals surface area contributed by atoms with Crippen LogP contribution in [0.4, 0.5) is 0 Å². The lowest BCUT2D eigenvalue weighted by Gasteiger charge is -2.04. The van der Waals surface area contributed by atoms with Gasteiger partial charge in [-0.15, -0.1) is 0 Å². The molecule has 0 aliphatic heterocycles. The number of benzene rings is 2. The van der Waals surface area contributed by atoms with Crippen LogP contribution in [0, 0.1) is 6.92 Å². The zero-order valence-electron chi connectivity index (χ0n) is 11.4. The number of nitrogens with zero attached hydrogens (tertiary/aromatic N) is 2. The van der Waals surface area contributed by atoms with E-state index in [0.29, 0.717) is 0 Å². The number of imidazole rings is 1. The van der Waals surface area contributed by atoms with Gasteiger partial charge in [0.1, 0.15) is 5.82 Å². The van der Waals surface area contributed by atoms with Gasteiger partial charge in [0.25, 0.3) is 0 Å². The number of hydrogen-bond donors (Lipinski definition) is 0. The Kier molecular flexibility index (Phi) is 3.08. The molecule has 0 radical (unpaired) electrons. The van der Waals surface area contributed by atoms with E-state index >= 15 is 0 Å². The van der Waals surface area contributed by atoms with Gasteiger partial charge >= 0.3 is 0 Å². The van der Waals surface area contributed by atoms with Crippen LogP contribution >= 0.6 is 0 Å². The summed E-state index contributed by atoms with van der Waals surface area (Å²) in [5.74, 6) is 1.16. The van der Waals surface area contributed by atoms with E-state index in [-0.39, 0.29) is 0 Å². The SMILES string of the molecule is Cc1cccc(CCc2nc3ccccc3n2C)c1. The van der Waals surface area contributed by atoms with Crippen LogP contribution in [0.15, 0.2) is 48.5 Å². The number of hydrogen-bond acceptors (Lipinski definition) is 1. The van der Waals surface area contributed by atoms with E-state index < -0.39 is 0 Å². The Hall–Kier alpha value is -2.09. The van der Waals surface area contributed by atoms with Gasteiger partial charge in [-0.3, -0.25) is 0 Å². The largest absolute Gasteiger partial charge is 0.331 e. The van der Waals surface area contributed by atoms with Crippen molar-refractivity contribution >= 4 is 11.0 Å². The molecule has 1 aromatic heterocycles. The van der Waals surface area contributed by atoms with Crippen molar-refractivity contribution in [3.63, 3.8) is 0 Å². The Morgan fingerprint density at radius 3 is 2.63 bits per heavy atom. The number of aryl methyl sites for hydroxylation is 4. The van der Waals surface area contributed by atoms with Crippen molar-refractivity contribution in [1.82, 2.24) is 9.55 Å². The van der Waals surface area contributed by atoms with Gasteiger partial charge in [0.2, 0.25) is 0 Å². The van der Waals surface area contributed by atoms with Gasteiger partial charge in [-0.1, -0.05) is 42.0 Å². The molecule has 2 nitrogen and oxygen atoms in total. The van der Waals surface area contributed by atoms with E-state index in [9.17, 15) is 0 Å². The predicted octanol–water partition coefficient (Wildman–Crippen LogP) is 3.67. The van der Waals surface area contributed by atoms with Gasteiger partial charge in [-0.2, -0.15) is 0 Å². The first-order valence-corrected chi connectivity index (χ1v) is 6.70. The third-order valence-electron chi connectivity index (χ3n) is 3.60. The topological polar surface area (TPSA) is 17.8 Å². The zero-order chi connectivity index (χ0) is 13.2. The Morgan fingerprint density at radius 1 is 1.00 bits per heavy atom. The minimum Gasteiger partial charge on any atom is -0.331 e. The van der Waals surface area contributed by atoms with Crippen LogP contribution in [0.3, 0.4) is 0 Å². The molecule has 3 aromatic rings. The number of aromatic nitrogens is 2.